The fraction of sp³-hybridized carbons (Fsp3) is 0.231. The van der Waals surface area contributed by atoms with Crippen LogP contribution in [0.25, 0.3) is 16.9 Å². The van der Waals surface area contributed by atoms with E-state index in [1.807, 2.05) is 21.4 Å². The van der Waals surface area contributed by atoms with Crippen LogP contribution in [0.2, 0.25) is 5.02 Å². The summed E-state index contributed by atoms with van der Waals surface area (Å²) in [5.41, 5.74) is 8.77. The number of pyridine rings is 1. The first kappa shape index (κ1) is 23.6. The number of imidazole rings is 1. The van der Waals surface area contributed by atoms with Gasteiger partial charge in [0, 0.05) is 43.0 Å². The van der Waals surface area contributed by atoms with Crippen LogP contribution in [0.4, 0.5) is 5.95 Å². The number of likely N-dealkylation sites (tertiary alicyclic amines) is 1. The first-order valence-corrected chi connectivity index (χ1v) is 11.9. The number of fused-ring (bicyclic) bond motifs is 1. The second-order valence-corrected chi connectivity index (χ2v) is 8.86. The van der Waals surface area contributed by atoms with Gasteiger partial charge in [0.1, 0.15) is 17.3 Å². The van der Waals surface area contributed by atoms with Gasteiger partial charge >= 0.3 is 0 Å². The summed E-state index contributed by atoms with van der Waals surface area (Å²) in [4.78, 5) is 27.5. The fourth-order valence-electron chi connectivity index (χ4n) is 4.52. The van der Waals surface area contributed by atoms with Crippen molar-refractivity contribution in [2.45, 2.75) is 18.8 Å². The zero-order valence-electron chi connectivity index (χ0n) is 19.7. The molecular formula is C26H25ClN6O3. The minimum absolute atomic E-state index is 0.0606. The highest BCUT2D eigenvalue weighted by atomic mass is 35.5. The molecule has 0 spiro atoms. The second-order valence-electron chi connectivity index (χ2n) is 8.45. The van der Waals surface area contributed by atoms with Gasteiger partial charge in [-0.3, -0.25) is 9.20 Å². The summed E-state index contributed by atoms with van der Waals surface area (Å²) in [6.07, 6.45) is 6.42. The van der Waals surface area contributed by atoms with E-state index in [-0.39, 0.29) is 11.8 Å². The maximum Gasteiger partial charge on any atom is 0.245 e. The molecule has 1 aromatic carbocycles. The maximum atomic E-state index is 12.2. The van der Waals surface area contributed by atoms with Crippen LogP contribution in [0.3, 0.4) is 0 Å². The van der Waals surface area contributed by atoms with E-state index in [2.05, 4.69) is 16.5 Å². The predicted molar refractivity (Wildman–Crippen MR) is 137 cm³/mol. The van der Waals surface area contributed by atoms with Crippen molar-refractivity contribution in [2.24, 2.45) is 0 Å². The molecule has 1 fully saturated rings. The van der Waals surface area contributed by atoms with Gasteiger partial charge in [-0.2, -0.15) is 0 Å². The van der Waals surface area contributed by atoms with Gasteiger partial charge in [0.25, 0.3) is 0 Å². The molecule has 36 heavy (non-hydrogen) atoms. The topological polar surface area (TPSA) is 108 Å². The van der Waals surface area contributed by atoms with Gasteiger partial charge in [-0.1, -0.05) is 18.2 Å². The van der Waals surface area contributed by atoms with E-state index in [0.717, 1.165) is 29.6 Å². The molecule has 1 atom stereocenters. The number of carbonyl (C=O) groups is 1. The van der Waals surface area contributed by atoms with E-state index < -0.39 is 0 Å². The number of anilines is 1. The van der Waals surface area contributed by atoms with Crippen LogP contribution in [-0.4, -0.2) is 50.4 Å². The van der Waals surface area contributed by atoms with Crippen LogP contribution in [0.1, 0.15) is 24.5 Å². The lowest BCUT2D eigenvalue weighted by atomic mass is 9.94. The lowest BCUT2D eigenvalue weighted by Crippen LogP contribution is -2.38. The number of halogens is 1. The molecule has 10 heteroatoms. The number of piperidine rings is 1. The van der Waals surface area contributed by atoms with Crippen LogP contribution >= 0.6 is 11.6 Å². The SMILES string of the molecule is C=CC(=O)N1CCCC(c2nc(-c3ccc(Oc4cc(OC)ccn4)c(Cl)c3)n3c(N)nccc23)C1. The molecular weight excluding hydrogens is 480 g/mol. The summed E-state index contributed by atoms with van der Waals surface area (Å²) >= 11 is 6.60. The number of hydrogen-bond donors (Lipinski definition) is 1. The molecule has 1 unspecified atom stereocenters. The normalized spacial score (nSPS) is 15.6. The molecule has 1 aliphatic heterocycles. The summed E-state index contributed by atoms with van der Waals surface area (Å²) in [6.45, 7) is 4.90. The van der Waals surface area contributed by atoms with Gasteiger partial charge in [0.05, 0.1) is 23.3 Å². The maximum absolute atomic E-state index is 12.2. The number of ether oxygens (including phenoxy) is 2. The Morgan fingerprint density at radius 3 is 2.83 bits per heavy atom. The molecule has 0 aliphatic carbocycles. The zero-order valence-corrected chi connectivity index (χ0v) is 20.5. The van der Waals surface area contributed by atoms with Crippen LogP contribution in [0, 0.1) is 0 Å². The summed E-state index contributed by atoms with van der Waals surface area (Å²) in [5, 5.41) is 0.387. The Balaban J connectivity index is 1.51. The van der Waals surface area contributed by atoms with E-state index in [1.165, 1.54) is 6.08 Å². The number of benzene rings is 1. The second kappa shape index (κ2) is 9.87. The highest BCUT2D eigenvalue weighted by Gasteiger charge is 2.28. The van der Waals surface area contributed by atoms with Gasteiger partial charge in [0.2, 0.25) is 17.7 Å². The largest absolute Gasteiger partial charge is 0.497 e. The predicted octanol–water partition coefficient (Wildman–Crippen LogP) is 4.72. The van der Waals surface area contributed by atoms with E-state index in [4.69, 9.17) is 31.8 Å². The number of amides is 1. The third-order valence-electron chi connectivity index (χ3n) is 6.25. The molecule has 1 amide bonds. The third kappa shape index (κ3) is 4.45. The van der Waals surface area contributed by atoms with Crippen LogP contribution in [0.15, 0.2) is 61.4 Å². The molecule has 9 nitrogen and oxygen atoms in total. The fourth-order valence-corrected chi connectivity index (χ4v) is 4.74. The average Bonchev–Trinajstić information content (AvgIpc) is 3.30. The number of carbonyl (C=O) groups excluding carboxylic acids is 1. The standard InChI is InChI=1S/C26H25ClN6O3/c1-3-23(34)32-12-4-5-17(15-32)24-20-9-11-30-26(28)33(20)25(31-24)16-6-7-21(19(27)13-16)36-22-14-18(35-2)8-10-29-22/h3,6-11,13-14,17H,1,4-5,12,15H2,2H3,(H2,28,30). The molecule has 3 aromatic heterocycles. The van der Waals surface area contributed by atoms with E-state index >= 15 is 0 Å². The highest BCUT2D eigenvalue weighted by molar-refractivity contribution is 6.32. The highest BCUT2D eigenvalue weighted by Crippen LogP contribution is 2.37. The summed E-state index contributed by atoms with van der Waals surface area (Å²) in [7, 11) is 1.58. The van der Waals surface area contributed by atoms with E-state index in [0.29, 0.717) is 47.3 Å². The Labute approximate surface area is 213 Å². The number of nitrogens with zero attached hydrogens (tertiary/aromatic N) is 5. The summed E-state index contributed by atoms with van der Waals surface area (Å²) in [5.74, 6) is 2.35. The van der Waals surface area contributed by atoms with Gasteiger partial charge < -0.3 is 20.1 Å². The van der Waals surface area contributed by atoms with Gasteiger partial charge in [-0.15, -0.1) is 0 Å². The Bertz CT molecular complexity index is 1450. The Morgan fingerprint density at radius 2 is 2.06 bits per heavy atom. The van der Waals surface area contributed by atoms with Gasteiger partial charge in [-0.05, 0) is 49.2 Å². The molecule has 5 rings (SSSR count). The van der Waals surface area contributed by atoms with Crippen molar-refractivity contribution in [3.63, 3.8) is 0 Å². The minimum Gasteiger partial charge on any atom is -0.497 e. The first-order valence-electron chi connectivity index (χ1n) is 11.5. The van der Waals surface area contributed by atoms with E-state index in [9.17, 15) is 4.79 Å². The minimum atomic E-state index is -0.0717. The van der Waals surface area contributed by atoms with Crippen molar-refractivity contribution in [1.29, 1.82) is 0 Å². The van der Waals surface area contributed by atoms with Gasteiger partial charge in [0.15, 0.2) is 0 Å². The number of hydrogen-bond acceptors (Lipinski definition) is 7. The summed E-state index contributed by atoms with van der Waals surface area (Å²) < 4.78 is 12.9. The zero-order chi connectivity index (χ0) is 25.2. The van der Waals surface area contributed by atoms with Crippen LogP contribution < -0.4 is 15.2 Å². The Morgan fingerprint density at radius 1 is 1.22 bits per heavy atom. The number of nitrogen functional groups attached to an aromatic ring is 1. The average molecular weight is 505 g/mol. The Hall–Kier alpha value is -4.11. The summed E-state index contributed by atoms with van der Waals surface area (Å²) in [6, 6.07) is 10.7. The third-order valence-corrected chi connectivity index (χ3v) is 6.55. The number of methoxy groups -OCH3 is 1. The van der Waals surface area contributed by atoms with Crippen molar-refractivity contribution >= 4 is 29.0 Å². The first-order chi connectivity index (χ1) is 17.5. The van der Waals surface area contributed by atoms with E-state index in [1.54, 1.807) is 43.8 Å². The van der Waals surface area contributed by atoms with Gasteiger partial charge in [-0.25, -0.2) is 15.0 Å². The Kier molecular flexibility index (Phi) is 6.47. The molecule has 1 saturated heterocycles. The molecule has 0 bridgehead atoms. The molecule has 0 saturated carbocycles. The van der Waals surface area contributed by atoms with Crippen LogP contribution in [0.5, 0.6) is 17.4 Å². The van der Waals surface area contributed by atoms with Crippen molar-refractivity contribution in [2.75, 3.05) is 25.9 Å². The molecule has 1 aliphatic rings. The lowest BCUT2D eigenvalue weighted by molar-refractivity contribution is -0.127. The quantitative estimate of drug-likeness (QED) is 0.378. The molecule has 4 heterocycles. The number of rotatable bonds is 6. The lowest BCUT2D eigenvalue weighted by Gasteiger charge is -2.31. The number of nitrogens with two attached hydrogens (primary N) is 1. The monoisotopic (exact) mass is 504 g/mol. The molecule has 0 radical (unpaired) electrons. The van der Waals surface area contributed by atoms with Crippen LogP contribution in [-0.2, 0) is 4.79 Å². The smallest absolute Gasteiger partial charge is 0.245 e. The van der Waals surface area contributed by atoms with Crippen molar-refractivity contribution < 1.29 is 14.3 Å². The molecule has 184 valence electrons. The molecule has 4 aromatic rings. The number of aromatic nitrogens is 4. The van der Waals surface area contributed by atoms with Crippen molar-refractivity contribution in [3.05, 3.63) is 72.2 Å². The van der Waals surface area contributed by atoms with Crippen molar-refractivity contribution in [1.82, 2.24) is 24.3 Å². The van der Waals surface area contributed by atoms with Crippen molar-refractivity contribution in [3.8, 4) is 28.8 Å². The molecule has 2 N–H and O–H groups in total.